The van der Waals surface area contributed by atoms with Crippen LogP contribution in [-0.2, 0) is 0 Å². The first-order valence-electron chi connectivity index (χ1n) is 4.52. The van der Waals surface area contributed by atoms with Crippen LogP contribution < -0.4 is 11.1 Å². The number of oxime groups is 1. The van der Waals surface area contributed by atoms with Gasteiger partial charge in [0.1, 0.15) is 5.84 Å². The average Bonchev–Trinajstić information content (AvgIpc) is 2.10. The predicted octanol–water partition coefficient (Wildman–Crippen LogP) is -0.126. The van der Waals surface area contributed by atoms with Crippen molar-refractivity contribution in [1.29, 1.82) is 0 Å². The zero-order valence-electron chi connectivity index (χ0n) is 8.03. The summed E-state index contributed by atoms with van der Waals surface area (Å²) in [5.74, 6) is 0.274. The third-order valence-corrected chi connectivity index (χ3v) is 1.60. The number of amidine groups is 1. The number of nitrogens with two attached hydrogens (primary N) is 1. The Labute approximate surface area is 78.6 Å². The van der Waals surface area contributed by atoms with Crippen molar-refractivity contribution in [3.05, 3.63) is 0 Å². The van der Waals surface area contributed by atoms with Gasteiger partial charge in [-0.3, -0.25) is 0 Å². The SMILES string of the molecule is CC(O)CNCCCCC(N)=NO. The number of nitrogens with zero attached hydrogens (tertiary/aromatic N) is 1. The zero-order chi connectivity index (χ0) is 10.1. The minimum atomic E-state index is -0.302. The maximum absolute atomic E-state index is 8.90. The van der Waals surface area contributed by atoms with Crippen LogP contribution in [0.15, 0.2) is 5.16 Å². The van der Waals surface area contributed by atoms with Gasteiger partial charge in [0.15, 0.2) is 0 Å². The fourth-order valence-corrected chi connectivity index (χ4v) is 0.917. The summed E-state index contributed by atoms with van der Waals surface area (Å²) >= 11 is 0. The van der Waals surface area contributed by atoms with Crippen LogP contribution in [0, 0.1) is 0 Å². The van der Waals surface area contributed by atoms with Crippen molar-refractivity contribution in [3.63, 3.8) is 0 Å². The van der Waals surface area contributed by atoms with Gasteiger partial charge in [0.05, 0.1) is 6.10 Å². The van der Waals surface area contributed by atoms with E-state index in [4.69, 9.17) is 16.0 Å². The van der Waals surface area contributed by atoms with Gasteiger partial charge >= 0.3 is 0 Å². The Morgan fingerprint density at radius 1 is 1.54 bits per heavy atom. The van der Waals surface area contributed by atoms with Crippen molar-refractivity contribution in [2.24, 2.45) is 10.9 Å². The summed E-state index contributed by atoms with van der Waals surface area (Å²) in [6.07, 6.45) is 2.17. The lowest BCUT2D eigenvalue weighted by Gasteiger charge is -2.05. The topological polar surface area (TPSA) is 90.9 Å². The molecule has 1 atom stereocenters. The summed E-state index contributed by atoms with van der Waals surface area (Å²) in [4.78, 5) is 0. The molecule has 0 aromatic rings. The first-order valence-corrected chi connectivity index (χ1v) is 4.52. The summed E-state index contributed by atoms with van der Waals surface area (Å²) in [6.45, 7) is 3.20. The van der Waals surface area contributed by atoms with Crippen molar-refractivity contribution in [1.82, 2.24) is 5.32 Å². The standard InChI is InChI=1S/C8H19N3O2/c1-7(12)6-10-5-3-2-4-8(9)11-13/h7,10,12-13H,2-6H2,1H3,(H2,9,11). The maximum atomic E-state index is 8.90. The molecule has 0 aromatic carbocycles. The van der Waals surface area contributed by atoms with Crippen LogP contribution in [0.5, 0.6) is 0 Å². The average molecular weight is 189 g/mol. The number of hydrogen-bond acceptors (Lipinski definition) is 4. The number of nitrogens with one attached hydrogen (secondary N) is 1. The normalized spacial score (nSPS) is 14.5. The Morgan fingerprint density at radius 2 is 2.23 bits per heavy atom. The second-order valence-electron chi connectivity index (χ2n) is 3.10. The van der Waals surface area contributed by atoms with Gasteiger partial charge in [0.25, 0.3) is 0 Å². The molecule has 0 fully saturated rings. The Kier molecular flexibility index (Phi) is 7.33. The van der Waals surface area contributed by atoms with Crippen LogP contribution in [-0.4, -0.2) is 35.3 Å². The molecule has 0 heterocycles. The zero-order valence-corrected chi connectivity index (χ0v) is 8.03. The number of aliphatic hydroxyl groups excluding tert-OH is 1. The lowest BCUT2D eigenvalue weighted by Crippen LogP contribution is -2.25. The smallest absolute Gasteiger partial charge is 0.139 e. The molecule has 5 heteroatoms. The second kappa shape index (κ2) is 7.82. The van der Waals surface area contributed by atoms with Crippen LogP contribution in [0.1, 0.15) is 26.2 Å². The summed E-state index contributed by atoms with van der Waals surface area (Å²) in [6, 6.07) is 0. The van der Waals surface area contributed by atoms with E-state index in [0.717, 1.165) is 19.4 Å². The molecule has 5 N–H and O–H groups in total. The van der Waals surface area contributed by atoms with Crippen molar-refractivity contribution in [2.45, 2.75) is 32.3 Å². The summed E-state index contributed by atoms with van der Waals surface area (Å²) in [7, 11) is 0. The molecule has 0 aliphatic heterocycles. The molecule has 0 rings (SSSR count). The minimum Gasteiger partial charge on any atom is -0.409 e. The molecule has 78 valence electrons. The lowest BCUT2D eigenvalue weighted by atomic mass is 10.2. The molecular formula is C8H19N3O2. The van der Waals surface area contributed by atoms with E-state index in [-0.39, 0.29) is 11.9 Å². The summed E-state index contributed by atoms with van der Waals surface area (Å²) < 4.78 is 0. The first-order chi connectivity index (χ1) is 6.16. The highest BCUT2D eigenvalue weighted by molar-refractivity contribution is 5.79. The van der Waals surface area contributed by atoms with Gasteiger partial charge in [-0.15, -0.1) is 0 Å². The van der Waals surface area contributed by atoms with Gasteiger partial charge in [0, 0.05) is 13.0 Å². The third kappa shape index (κ3) is 9.10. The van der Waals surface area contributed by atoms with Gasteiger partial charge in [-0.25, -0.2) is 0 Å². The van der Waals surface area contributed by atoms with Crippen LogP contribution in [0.2, 0.25) is 0 Å². The molecule has 5 nitrogen and oxygen atoms in total. The number of unbranched alkanes of at least 4 members (excludes halogenated alkanes) is 1. The van der Waals surface area contributed by atoms with Gasteiger partial charge in [-0.1, -0.05) is 5.16 Å². The number of hydrogen-bond donors (Lipinski definition) is 4. The van der Waals surface area contributed by atoms with Crippen molar-refractivity contribution in [3.8, 4) is 0 Å². The molecule has 0 radical (unpaired) electrons. The highest BCUT2D eigenvalue weighted by Gasteiger charge is 1.95. The van der Waals surface area contributed by atoms with Crippen LogP contribution in [0.25, 0.3) is 0 Å². The van der Waals surface area contributed by atoms with Gasteiger partial charge in [0.2, 0.25) is 0 Å². The molecule has 0 amide bonds. The monoisotopic (exact) mass is 189 g/mol. The third-order valence-electron chi connectivity index (χ3n) is 1.60. The van der Waals surface area contributed by atoms with Crippen LogP contribution in [0.4, 0.5) is 0 Å². The lowest BCUT2D eigenvalue weighted by molar-refractivity contribution is 0.191. The fraction of sp³-hybridized carbons (Fsp3) is 0.875. The number of rotatable bonds is 7. The van der Waals surface area contributed by atoms with Crippen molar-refractivity contribution in [2.75, 3.05) is 13.1 Å². The second-order valence-corrected chi connectivity index (χ2v) is 3.10. The molecule has 1 unspecified atom stereocenters. The first kappa shape index (κ1) is 12.2. The highest BCUT2D eigenvalue weighted by Crippen LogP contribution is 1.93. The van der Waals surface area contributed by atoms with Gasteiger partial charge < -0.3 is 21.4 Å². The molecule has 0 spiro atoms. The molecular weight excluding hydrogens is 170 g/mol. The maximum Gasteiger partial charge on any atom is 0.139 e. The molecule has 0 saturated carbocycles. The molecule has 0 aromatic heterocycles. The van der Waals surface area contributed by atoms with E-state index < -0.39 is 0 Å². The summed E-state index contributed by atoms with van der Waals surface area (Å²) in [5.41, 5.74) is 5.28. The quantitative estimate of drug-likeness (QED) is 0.148. The highest BCUT2D eigenvalue weighted by atomic mass is 16.4. The van der Waals surface area contributed by atoms with E-state index in [1.165, 1.54) is 0 Å². The van der Waals surface area contributed by atoms with E-state index in [1.54, 1.807) is 6.92 Å². The molecule has 0 aliphatic carbocycles. The Bertz CT molecular complexity index is 148. The molecule has 0 saturated heterocycles. The van der Waals surface area contributed by atoms with E-state index in [2.05, 4.69) is 10.5 Å². The van der Waals surface area contributed by atoms with Crippen molar-refractivity contribution >= 4 is 5.84 Å². The van der Waals surface area contributed by atoms with E-state index >= 15 is 0 Å². The molecule has 0 bridgehead atoms. The molecule has 13 heavy (non-hydrogen) atoms. The Morgan fingerprint density at radius 3 is 2.77 bits per heavy atom. The van der Waals surface area contributed by atoms with Crippen LogP contribution in [0.3, 0.4) is 0 Å². The summed E-state index contributed by atoms with van der Waals surface area (Å²) in [5, 5.41) is 23.1. The van der Waals surface area contributed by atoms with E-state index in [9.17, 15) is 0 Å². The van der Waals surface area contributed by atoms with Gasteiger partial charge in [-0.05, 0) is 26.3 Å². The van der Waals surface area contributed by atoms with Gasteiger partial charge in [-0.2, -0.15) is 0 Å². The fourth-order valence-electron chi connectivity index (χ4n) is 0.917. The predicted molar refractivity (Wildman–Crippen MR) is 51.8 cm³/mol. The van der Waals surface area contributed by atoms with Crippen molar-refractivity contribution < 1.29 is 10.3 Å². The van der Waals surface area contributed by atoms with E-state index in [1.807, 2.05) is 0 Å². The largest absolute Gasteiger partial charge is 0.409 e. The minimum absolute atomic E-state index is 0.274. The molecule has 0 aliphatic rings. The Balaban J connectivity index is 3.09. The van der Waals surface area contributed by atoms with E-state index in [0.29, 0.717) is 13.0 Å². The Hall–Kier alpha value is -0.810. The van der Waals surface area contributed by atoms with Crippen LogP contribution >= 0.6 is 0 Å². The number of aliphatic hydroxyl groups is 1.